The maximum Gasteiger partial charge on any atom is 0.232 e. The number of halogens is 1. The van der Waals surface area contributed by atoms with Crippen molar-refractivity contribution < 1.29 is 13.2 Å². The normalized spacial score (nSPS) is 15.1. The Morgan fingerprint density at radius 3 is 2.59 bits per heavy atom. The molecule has 0 radical (unpaired) electrons. The first kappa shape index (κ1) is 17.1. The van der Waals surface area contributed by atoms with Crippen LogP contribution in [0.4, 0.5) is 5.69 Å². The van der Waals surface area contributed by atoms with E-state index in [9.17, 15) is 13.2 Å². The molecule has 122 valence electrons. The van der Waals surface area contributed by atoms with Gasteiger partial charge in [-0.05, 0) is 37.5 Å². The lowest BCUT2D eigenvalue weighted by atomic mass is 10.2. The molecule has 0 atom stereocenters. The van der Waals surface area contributed by atoms with Crippen LogP contribution in [0.1, 0.15) is 25.7 Å². The number of carbonyl (C=O) groups is 1. The third kappa shape index (κ3) is 4.61. The monoisotopic (exact) mass is 344 g/mol. The highest BCUT2D eigenvalue weighted by molar-refractivity contribution is 7.92. The van der Waals surface area contributed by atoms with Gasteiger partial charge in [-0.3, -0.25) is 9.10 Å². The van der Waals surface area contributed by atoms with Crippen LogP contribution in [0.5, 0.6) is 0 Å². The zero-order valence-electron chi connectivity index (χ0n) is 12.7. The number of rotatable bonds is 6. The molecule has 0 spiro atoms. The molecule has 1 fully saturated rings. The average molecular weight is 345 g/mol. The van der Waals surface area contributed by atoms with Crippen LogP contribution in [0.15, 0.2) is 24.3 Å². The average Bonchev–Trinajstić information content (AvgIpc) is 2.96. The summed E-state index contributed by atoms with van der Waals surface area (Å²) in [6, 6.07) is 6.73. The van der Waals surface area contributed by atoms with Crippen molar-refractivity contribution in [2.24, 2.45) is 0 Å². The topological polar surface area (TPSA) is 57.7 Å². The molecule has 1 amide bonds. The first-order valence-corrected chi connectivity index (χ1v) is 9.61. The molecular weight excluding hydrogens is 324 g/mol. The first-order valence-electron chi connectivity index (χ1n) is 7.39. The van der Waals surface area contributed by atoms with Gasteiger partial charge in [-0.25, -0.2) is 8.42 Å². The van der Waals surface area contributed by atoms with Gasteiger partial charge in [-0.2, -0.15) is 0 Å². The largest absolute Gasteiger partial charge is 0.343 e. The summed E-state index contributed by atoms with van der Waals surface area (Å²) in [7, 11) is -3.40. The lowest BCUT2D eigenvalue weighted by Crippen LogP contribution is -2.32. The number of nitrogens with zero attached hydrogens (tertiary/aromatic N) is 2. The Morgan fingerprint density at radius 1 is 1.32 bits per heavy atom. The van der Waals surface area contributed by atoms with Crippen LogP contribution in [-0.2, 0) is 14.8 Å². The van der Waals surface area contributed by atoms with Gasteiger partial charge in [0.1, 0.15) is 0 Å². The van der Waals surface area contributed by atoms with Crippen molar-refractivity contribution in [2.75, 3.05) is 30.2 Å². The Labute approximate surface area is 136 Å². The Balaban J connectivity index is 1.98. The van der Waals surface area contributed by atoms with E-state index in [0.29, 0.717) is 23.6 Å². The van der Waals surface area contributed by atoms with Crippen LogP contribution in [0.25, 0.3) is 0 Å². The van der Waals surface area contributed by atoms with Crippen molar-refractivity contribution in [2.45, 2.75) is 25.7 Å². The molecule has 2 rings (SSSR count). The Morgan fingerprint density at radius 2 is 2.00 bits per heavy atom. The fourth-order valence-corrected chi connectivity index (χ4v) is 3.76. The van der Waals surface area contributed by atoms with Crippen LogP contribution in [0, 0.1) is 0 Å². The van der Waals surface area contributed by atoms with E-state index >= 15 is 0 Å². The fraction of sp³-hybridized carbons (Fsp3) is 0.533. The third-order valence-corrected chi connectivity index (χ3v) is 5.14. The molecule has 1 saturated heterocycles. The van der Waals surface area contributed by atoms with Crippen molar-refractivity contribution in [3.05, 3.63) is 29.3 Å². The molecule has 22 heavy (non-hydrogen) atoms. The summed E-state index contributed by atoms with van der Waals surface area (Å²) in [6.45, 7) is 1.92. The maximum absolute atomic E-state index is 12.0. The van der Waals surface area contributed by atoms with E-state index in [0.717, 1.165) is 32.2 Å². The maximum atomic E-state index is 12.0. The van der Waals surface area contributed by atoms with E-state index in [2.05, 4.69) is 0 Å². The van der Waals surface area contributed by atoms with Gasteiger partial charge in [0.15, 0.2) is 0 Å². The predicted octanol–water partition coefficient (Wildman–Crippen LogP) is 2.51. The molecular formula is C15H21ClN2O3S. The Bertz CT molecular complexity index is 627. The number of sulfonamides is 1. The number of anilines is 1. The van der Waals surface area contributed by atoms with Gasteiger partial charge >= 0.3 is 0 Å². The van der Waals surface area contributed by atoms with E-state index in [4.69, 9.17) is 11.6 Å². The molecule has 0 saturated carbocycles. The predicted molar refractivity (Wildman–Crippen MR) is 88.7 cm³/mol. The molecule has 7 heteroatoms. The van der Waals surface area contributed by atoms with Crippen molar-refractivity contribution in [3.8, 4) is 0 Å². The summed E-state index contributed by atoms with van der Waals surface area (Å²) >= 11 is 5.93. The van der Waals surface area contributed by atoms with E-state index in [1.54, 1.807) is 24.3 Å². The SMILES string of the molecule is CS(=O)(=O)N(CCCC(=O)N1CCCC1)c1cccc(Cl)c1. The van der Waals surface area contributed by atoms with Gasteiger partial charge in [0.2, 0.25) is 15.9 Å². The second-order valence-electron chi connectivity index (χ2n) is 5.51. The van der Waals surface area contributed by atoms with Crippen LogP contribution in [0.3, 0.4) is 0 Å². The third-order valence-electron chi connectivity index (χ3n) is 3.71. The zero-order chi connectivity index (χ0) is 16.2. The van der Waals surface area contributed by atoms with Crippen molar-refractivity contribution >= 4 is 33.2 Å². The summed E-state index contributed by atoms with van der Waals surface area (Å²) in [5, 5.41) is 0.485. The second kappa shape index (κ2) is 7.33. The quantitative estimate of drug-likeness (QED) is 0.796. The van der Waals surface area contributed by atoms with Gasteiger partial charge in [-0.1, -0.05) is 17.7 Å². The summed E-state index contributed by atoms with van der Waals surface area (Å²) in [5.41, 5.74) is 0.531. The van der Waals surface area contributed by atoms with Crippen LogP contribution < -0.4 is 4.31 Å². The lowest BCUT2D eigenvalue weighted by molar-refractivity contribution is -0.130. The lowest BCUT2D eigenvalue weighted by Gasteiger charge is -2.23. The first-order chi connectivity index (χ1) is 10.4. The van der Waals surface area contributed by atoms with Crippen molar-refractivity contribution in [1.82, 2.24) is 4.90 Å². The number of carbonyl (C=O) groups excluding carboxylic acids is 1. The Kier molecular flexibility index (Phi) is 5.69. The minimum Gasteiger partial charge on any atom is -0.343 e. The van der Waals surface area contributed by atoms with Gasteiger partial charge in [0.05, 0.1) is 11.9 Å². The molecule has 0 aliphatic carbocycles. The van der Waals surface area contributed by atoms with Crippen LogP contribution in [0.2, 0.25) is 5.02 Å². The smallest absolute Gasteiger partial charge is 0.232 e. The summed E-state index contributed by atoms with van der Waals surface area (Å²) in [5.74, 6) is 0.108. The molecule has 0 aromatic heterocycles. The number of benzene rings is 1. The number of hydrogen-bond donors (Lipinski definition) is 0. The van der Waals surface area contributed by atoms with Gasteiger partial charge in [0.25, 0.3) is 0 Å². The molecule has 0 unspecified atom stereocenters. The molecule has 0 bridgehead atoms. The number of amides is 1. The minimum absolute atomic E-state index is 0.108. The summed E-state index contributed by atoms with van der Waals surface area (Å²) in [4.78, 5) is 13.9. The number of likely N-dealkylation sites (tertiary alicyclic amines) is 1. The van der Waals surface area contributed by atoms with Crippen molar-refractivity contribution in [1.29, 1.82) is 0 Å². The van der Waals surface area contributed by atoms with E-state index in [1.807, 2.05) is 4.90 Å². The zero-order valence-corrected chi connectivity index (χ0v) is 14.2. The molecule has 5 nitrogen and oxygen atoms in total. The second-order valence-corrected chi connectivity index (χ2v) is 7.85. The molecule has 1 aromatic carbocycles. The fourth-order valence-electron chi connectivity index (χ4n) is 2.62. The van der Waals surface area contributed by atoms with Gasteiger partial charge in [-0.15, -0.1) is 0 Å². The summed E-state index contributed by atoms with van der Waals surface area (Å²) < 4.78 is 25.2. The van der Waals surface area contributed by atoms with E-state index < -0.39 is 10.0 Å². The van der Waals surface area contributed by atoms with Crippen LogP contribution in [-0.4, -0.2) is 45.1 Å². The highest BCUT2D eigenvalue weighted by atomic mass is 35.5. The summed E-state index contributed by atoms with van der Waals surface area (Å²) in [6.07, 6.45) is 4.14. The standard InChI is InChI=1S/C15H21ClN2O3S/c1-22(20,21)18(14-7-4-6-13(16)12-14)11-5-8-15(19)17-9-2-3-10-17/h4,6-7,12H,2-3,5,8-11H2,1H3. The molecule has 1 aromatic rings. The van der Waals surface area contributed by atoms with E-state index in [1.165, 1.54) is 4.31 Å². The number of hydrogen-bond acceptors (Lipinski definition) is 3. The van der Waals surface area contributed by atoms with Crippen LogP contribution >= 0.6 is 11.6 Å². The minimum atomic E-state index is -3.40. The van der Waals surface area contributed by atoms with Crippen molar-refractivity contribution in [3.63, 3.8) is 0 Å². The van der Waals surface area contributed by atoms with E-state index in [-0.39, 0.29) is 12.5 Å². The highest BCUT2D eigenvalue weighted by Gasteiger charge is 2.20. The highest BCUT2D eigenvalue weighted by Crippen LogP contribution is 2.22. The molecule has 1 heterocycles. The molecule has 1 aliphatic heterocycles. The molecule has 0 N–H and O–H groups in total. The van der Waals surface area contributed by atoms with Gasteiger partial charge in [0, 0.05) is 31.1 Å². The molecule has 1 aliphatic rings. The van der Waals surface area contributed by atoms with Gasteiger partial charge < -0.3 is 4.90 Å². The Hall–Kier alpha value is -1.27.